The minimum atomic E-state index is -0.104. The van der Waals surface area contributed by atoms with Crippen LogP contribution in [-0.4, -0.2) is 9.38 Å². The van der Waals surface area contributed by atoms with Gasteiger partial charge in [-0.1, -0.05) is 12.1 Å². The third-order valence-electron chi connectivity index (χ3n) is 3.22. The van der Waals surface area contributed by atoms with Gasteiger partial charge in [0.1, 0.15) is 18.0 Å². The SMILES string of the molecule is Cc1cccc2nc(COc3c(Br)cccc3Br)cc(=O)n12. The molecule has 0 amide bonds. The summed E-state index contributed by atoms with van der Waals surface area (Å²) in [6.07, 6.45) is 0. The molecule has 0 aliphatic heterocycles. The van der Waals surface area contributed by atoms with Crippen LogP contribution < -0.4 is 10.3 Å². The molecule has 0 atom stereocenters. The lowest BCUT2D eigenvalue weighted by Gasteiger charge is -2.10. The van der Waals surface area contributed by atoms with E-state index in [1.165, 1.54) is 6.07 Å². The van der Waals surface area contributed by atoms with Gasteiger partial charge in [-0.25, -0.2) is 4.98 Å². The molecule has 22 heavy (non-hydrogen) atoms. The second kappa shape index (κ2) is 6.22. The number of fused-ring (bicyclic) bond motifs is 1. The van der Waals surface area contributed by atoms with Crippen molar-refractivity contribution < 1.29 is 4.74 Å². The van der Waals surface area contributed by atoms with Crippen molar-refractivity contribution >= 4 is 37.5 Å². The zero-order valence-corrected chi connectivity index (χ0v) is 14.9. The molecular formula is C16H12Br2N2O2. The van der Waals surface area contributed by atoms with Gasteiger partial charge in [-0.05, 0) is 63.0 Å². The Bertz CT molecular complexity index is 886. The molecule has 2 heterocycles. The number of ether oxygens (including phenoxy) is 1. The molecule has 3 aromatic rings. The molecule has 6 heteroatoms. The number of hydrogen-bond acceptors (Lipinski definition) is 3. The normalized spacial score (nSPS) is 10.9. The monoisotopic (exact) mass is 422 g/mol. The van der Waals surface area contributed by atoms with E-state index in [4.69, 9.17) is 4.74 Å². The largest absolute Gasteiger partial charge is 0.485 e. The summed E-state index contributed by atoms with van der Waals surface area (Å²) in [7, 11) is 0. The number of nitrogens with zero attached hydrogens (tertiary/aromatic N) is 2. The highest BCUT2D eigenvalue weighted by Gasteiger charge is 2.08. The lowest BCUT2D eigenvalue weighted by molar-refractivity contribution is 0.297. The smallest absolute Gasteiger partial charge is 0.258 e. The van der Waals surface area contributed by atoms with Crippen LogP contribution in [0.3, 0.4) is 0 Å². The van der Waals surface area contributed by atoms with Crippen LogP contribution in [0.15, 0.2) is 56.2 Å². The Kier molecular flexibility index (Phi) is 4.31. The lowest BCUT2D eigenvalue weighted by atomic mass is 10.3. The second-order valence-electron chi connectivity index (χ2n) is 4.79. The van der Waals surface area contributed by atoms with Gasteiger partial charge < -0.3 is 4.74 Å². The molecule has 0 saturated carbocycles. The predicted octanol–water partition coefficient (Wildman–Crippen LogP) is 4.11. The van der Waals surface area contributed by atoms with E-state index >= 15 is 0 Å². The molecule has 1 aromatic carbocycles. The molecule has 4 nitrogen and oxygen atoms in total. The van der Waals surface area contributed by atoms with Crippen molar-refractivity contribution in [3.05, 3.63) is 73.2 Å². The molecule has 0 aliphatic rings. The molecule has 0 N–H and O–H groups in total. The third-order valence-corrected chi connectivity index (χ3v) is 4.47. The Balaban J connectivity index is 1.94. The van der Waals surface area contributed by atoms with Gasteiger partial charge in [-0.3, -0.25) is 9.20 Å². The number of benzene rings is 1. The first-order chi connectivity index (χ1) is 10.6. The third kappa shape index (κ3) is 2.94. The Morgan fingerprint density at radius 3 is 2.55 bits per heavy atom. The molecule has 0 saturated heterocycles. The van der Waals surface area contributed by atoms with Crippen molar-refractivity contribution in [1.29, 1.82) is 0 Å². The van der Waals surface area contributed by atoms with Gasteiger partial charge in [0, 0.05) is 11.8 Å². The van der Waals surface area contributed by atoms with Crippen LogP contribution in [0.1, 0.15) is 11.4 Å². The van der Waals surface area contributed by atoms with Gasteiger partial charge in [0.15, 0.2) is 0 Å². The summed E-state index contributed by atoms with van der Waals surface area (Å²) < 4.78 is 9.05. The summed E-state index contributed by atoms with van der Waals surface area (Å²) in [5.41, 5.74) is 1.97. The van der Waals surface area contributed by atoms with Crippen molar-refractivity contribution in [1.82, 2.24) is 9.38 Å². The maximum atomic E-state index is 12.2. The fraction of sp³-hybridized carbons (Fsp3) is 0.125. The van der Waals surface area contributed by atoms with E-state index in [0.717, 1.165) is 14.6 Å². The zero-order chi connectivity index (χ0) is 15.7. The standard InChI is InChI=1S/C16H12Br2N2O2/c1-10-4-2-7-14-19-11(8-15(21)20(10)14)9-22-16-12(17)5-3-6-13(16)18/h2-8H,9H2,1H3. The molecule has 112 valence electrons. The maximum Gasteiger partial charge on any atom is 0.258 e. The van der Waals surface area contributed by atoms with Crippen LogP contribution in [0, 0.1) is 6.92 Å². The fourth-order valence-electron chi connectivity index (χ4n) is 2.20. The van der Waals surface area contributed by atoms with E-state index in [0.29, 0.717) is 17.1 Å². The number of pyridine rings is 1. The van der Waals surface area contributed by atoms with Crippen molar-refractivity contribution in [3.8, 4) is 5.75 Å². The first-order valence-electron chi connectivity index (χ1n) is 6.61. The number of para-hydroxylation sites is 1. The quantitative estimate of drug-likeness (QED) is 0.636. The Labute approximate surface area is 144 Å². The van der Waals surface area contributed by atoms with Gasteiger partial charge in [-0.15, -0.1) is 0 Å². The lowest BCUT2D eigenvalue weighted by Crippen LogP contribution is -2.18. The Morgan fingerprint density at radius 1 is 1.14 bits per heavy atom. The van der Waals surface area contributed by atoms with Gasteiger partial charge in [0.05, 0.1) is 14.6 Å². The number of rotatable bonds is 3. The summed E-state index contributed by atoms with van der Waals surface area (Å²) in [5, 5.41) is 0. The van der Waals surface area contributed by atoms with Crippen molar-refractivity contribution in [2.45, 2.75) is 13.5 Å². The fourth-order valence-corrected chi connectivity index (χ4v) is 3.43. The van der Waals surface area contributed by atoms with Crippen LogP contribution in [0.4, 0.5) is 0 Å². The minimum Gasteiger partial charge on any atom is -0.485 e. The van der Waals surface area contributed by atoms with Crippen LogP contribution in [0.25, 0.3) is 5.65 Å². The molecule has 3 rings (SSSR count). The summed E-state index contributed by atoms with van der Waals surface area (Å²) >= 11 is 6.89. The van der Waals surface area contributed by atoms with E-state index in [9.17, 15) is 4.79 Å². The molecule has 0 fully saturated rings. The molecular weight excluding hydrogens is 412 g/mol. The van der Waals surface area contributed by atoms with Crippen LogP contribution >= 0.6 is 31.9 Å². The molecule has 0 bridgehead atoms. The van der Waals surface area contributed by atoms with Crippen LogP contribution in [0.5, 0.6) is 5.75 Å². The summed E-state index contributed by atoms with van der Waals surface area (Å²) in [6, 6.07) is 12.8. The van der Waals surface area contributed by atoms with Gasteiger partial charge in [0.25, 0.3) is 5.56 Å². The zero-order valence-electron chi connectivity index (χ0n) is 11.7. The second-order valence-corrected chi connectivity index (χ2v) is 6.49. The average Bonchev–Trinajstić information content (AvgIpc) is 2.46. The van der Waals surface area contributed by atoms with Crippen molar-refractivity contribution in [2.75, 3.05) is 0 Å². The number of aryl methyl sites for hydroxylation is 1. The molecule has 2 aromatic heterocycles. The number of hydrogen-bond donors (Lipinski definition) is 0. The summed E-state index contributed by atoms with van der Waals surface area (Å²) in [4.78, 5) is 16.7. The molecule has 0 aliphatic carbocycles. The highest BCUT2D eigenvalue weighted by molar-refractivity contribution is 9.11. The van der Waals surface area contributed by atoms with E-state index in [1.807, 2.05) is 43.3 Å². The van der Waals surface area contributed by atoms with E-state index in [1.54, 1.807) is 4.40 Å². The van der Waals surface area contributed by atoms with E-state index in [2.05, 4.69) is 36.8 Å². The first kappa shape index (κ1) is 15.2. The van der Waals surface area contributed by atoms with Crippen LogP contribution in [-0.2, 0) is 6.61 Å². The molecule has 0 spiro atoms. The first-order valence-corrected chi connectivity index (χ1v) is 8.20. The Morgan fingerprint density at radius 2 is 1.82 bits per heavy atom. The molecule has 0 unspecified atom stereocenters. The Hall–Kier alpha value is -1.66. The predicted molar refractivity (Wildman–Crippen MR) is 92.4 cm³/mol. The number of halogens is 2. The van der Waals surface area contributed by atoms with E-state index < -0.39 is 0 Å². The minimum absolute atomic E-state index is 0.104. The molecule has 0 radical (unpaired) electrons. The number of aromatic nitrogens is 2. The van der Waals surface area contributed by atoms with Gasteiger partial charge in [-0.2, -0.15) is 0 Å². The van der Waals surface area contributed by atoms with Gasteiger partial charge in [0.2, 0.25) is 0 Å². The van der Waals surface area contributed by atoms with Gasteiger partial charge >= 0.3 is 0 Å². The average molecular weight is 424 g/mol. The van der Waals surface area contributed by atoms with E-state index in [-0.39, 0.29) is 12.2 Å². The van der Waals surface area contributed by atoms with Crippen molar-refractivity contribution in [2.24, 2.45) is 0 Å². The highest BCUT2D eigenvalue weighted by Crippen LogP contribution is 2.33. The topological polar surface area (TPSA) is 43.6 Å². The highest BCUT2D eigenvalue weighted by atomic mass is 79.9. The maximum absolute atomic E-state index is 12.2. The summed E-state index contributed by atoms with van der Waals surface area (Å²) in [5.74, 6) is 0.689. The van der Waals surface area contributed by atoms with Crippen LogP contribution in [0.2, 0.25) is 0 Å². The van der Waals surface area contributed by atoms with Crippen molar-refractivity contribution in [3.63, 3.8) is 0 Å². The summed E-state index contributed by atoms with van der Waals surface area (Å²) in [6.45, 7) is 2.10.